The van der Waals surface area contributed by atoms with E-state index in [2.05, 4.69) is 4.90 Å². The molecule has 0 aliphatic carbocycles. The standard InChI is InChI=1S/C21H24ClNO3/c22-16-6-7-20-17(12-16)18(24)13-21(26-20)8-10-23(11-9-21)14-19(25)15-4-2-1-3-5-15/h1-7,12,18-19,24-25H,8-11,13-14H2/t18-,19-/m1/s1. The molecule has 2 heterocycles. The number of hydrogen-bond donors (Lipinski definition) is 2. The van der Waals surface area contributed by atoms with Crippen LogP contribution in [0.3, 0.4) is 0 Å². The van der Waals surface area contributed by atoms with Crippen LogP contribution in [0.2, 0.25) is 5.02 Å². The van der Waals surface area contributed by atoms with Crippen molar-refractivity contribution in [3.05, 3.63) is 64.7 Å². The second-order valence-electron chi connectivity index (χ2n) is 7.41. The number of likely N-dealkylation sites (tertiary alicyclic amines) is 1. The number of hydrogen-bond acceptors (Lipinski definition) is 4. The SMILES string of the molecule is O[C@H](CN1CCC2(CC1)C[C@@H](O)c1cc(Cl)ccc1O2)c1ccccc1. The predicted octanol–water partition coefficient (Wildman–Crippen LogP) is 3.72. The van der Waals surface area contributed by atoms with E-state index in [1.165, 1.54) is 0 Å². The van der Waals surface area contributed by atoms with E-state index in [1.807, 2.05) is 36.4 Å². The van der Waals surface area contributed by atoms with E-state index in [4.69, 9.17) is 16.3 Å². The summed E-state index contributed by atoms with van der Waals surface area (Å²) < 4.78 is 6.32. The first-order valence-corrected chi connectivity index (χ1v) is 9.54. The van der Waals surface area contributed by atoms with Crippen molar-refractivity contribution in [3.63, 3.8) is 0 Å². The lowest BCUT2D eigenvalue weighted by atomic mass is 9.81. The number of aliphatic hydroxyl groups is 2. The van der Waals surface area contributed by atoms with E-state index in [9.17, 15) is 10.2 Å². The van der Waals surface area contributed by atoms with Gasteiger partial charge in [-0.25, -0.2) is 0 Å². The van der Waals surface area contributed by atoms with Crippen molar-refractivity contribution < 1.29 is 14.9 Å². The van der Waals surface area contributed by atoms with Gasteiger partial charge >= 0.3 is 0 Å². The van der Waals surface area contributed by atoms with Gasteiger partial charge in [-0.2, -0.15) is 0 Å². The zero-order valence-corrected chi connectivity index (χ0v) is 15.4. The summed E-state index contributed by atoms with van der Waals surface area (Å²) in [5.41, 5.74) is 1.40. The smallest absolute Gasteiger partial charge is 0.126 e. The van der Waals surface area contributed by atoms with Gasteiger partial charge in [0.15, 0.2) is 0 Å². The lowest BCUT2D eigenvalue weighted by molar-refractivity contribution is -0.0587. The van der Waals surface area contributed by atoms with E-state index in [0.29, 0.717) is 18.0 Å². The quantitative estimate of drug-likeness (QED) is 0.860. The maximum Gasteiger partial charge on any atom is 0.126 e. The van der Waals surface area contributed by atoms with Crippen molar-refractivity contribution in [3.8, 4) is 5.75 Å². The van der Waals surface area contributed by atoms with Crippen LogP contribution in [0.25, 0.3) is 0 Å². The van der Waals surface area contributed by atoms with E-state index in [-0.39, 0.29) is 5.60 Å². The van der Waals surface area contributed by atoms with Crippen LogP contribution in [0.1, 0.15) is 42.6 Å². The van der Waals surface area contributed by atoms with Crippen molar-refractivity contribution in [2.24, 2.45) is 0 Å². The molecule has 4 nitrogen and oxygen atoms in total. The summed E-state index contributed by atoms with van der Waals surface area (Å²) in [5.74, 6) is 0.742. The number of piperidine rings is 1. The molecule has 26 heavy (non-hydrogen) atoms. The average molecular weight is 374 g/mol. The zero-order valence-electron chi connectivity index (χ0n) is 14.6. The van der Waals surface area contributed by atoms with Gasteiger partial charge in [0.1, 0.15) is 11.4 Å². The van der Waals surface area contributed by atoms with Crippen molar-refractivity contribution >= 4 is 11.6 Å². The van der Waals surface area contributed by atoms with Crippen LogP contribution in [0.5, 0.6) is 5.75 Å². The fraction of sp³-hybridized carbons (Fsp3) is 0.429. The van der Waals surface area contributed by atoms with E-state index < -0.39 is 12.2 Å². The summed E-state index contributed by atoms with van der Waals surface area (Å²) in [4.78, 5) is 2.27. The molecule has 0 aromatic heterocycles. The Morgan fingerprint density at radius 2 is 1.88 bits per heavy atom. The molecule has 1 fully saturated rings. The Balaban J connectivity index is 1.40. The molecule has 0 radical (unpaired) electrons. The van der Waals surface area contributed by atoms with Crippen LogP contribution < -0.4 is 4.74 Å². The number of fused-ring (bicyclic) bond motifs is 1. The van der Waals surface area contributed by atoms with Gasteiger partial charge in [0.2, 0.25) is 0 Å². The molecular weight excluding hydrogens is 350 g/mol. The highest BCUT2D eigenvalue weighted by molar-refractivity contribution is 6.30. The Morgan fingerprint density at radius 3 is 2.62 bits per heavy atom. The molecule has 0 bridgehead atoms. The highest BCUT2D eigenvalue weighted by Gasteiger charge is 2.43. The Morgan fingerprint density at radius 1 is 1.15 bits per heavy atom. The van der Waals surface area contributed by atoms with Gasteiger partial charge in [-0.15, -0.1) is 0 Å². The van der Waals surface area contributed by atoms with E-state index in [1.54, 1.807) is 12.1 Å². The summed E-state index contributed by atoms with van der Waals surface area (Å²) in [7, 11) is 0. The average Bonchev–Trinajstić information content (AvgIpc) is 2.65. The third kappa shape index (κ3) is 3.60. The molecule has 2 aliphatic rings. The first kappa shape index (κ1) is 17.8. The van der Waals surface area contributed by atoms with Crippen LogP contribution in [-0.4, -0.2) is 40.3 Å². The molecule has 1 spiro atoms. The minimum Gasteiger partial charge on any atom is -0.487 e. The molecule has 2 aromatic rings. The Bertz CT molecular complexity index is 759. The van der Waals surface area contributed by atoms with Gasteiger partial charge in [-0.3, -0.25) is 0 Å². The van der Waals surface area contributed by atoms with Crippen LogP contribution >= 0.6 is 11.6 Å². The highest BCUT2D eigenvalue weighted by Crippen LogP contribution is 2.45. The number of β-amino-alcohol motifs (C(OH)–C–C–N with tert-alkyl or cyclic N) is 1. The number of ether oxygens (including phenoxy) is 1. The third-order valence-corrected chi connectivity index (χ3v) is 5.84. The van der Waals surface area contributed by atoms with Gasteiger partial charge in [-0.1, -0.05) is 41.9 Å². The molecule has 1 saturated heterocycles. The molecule has 4 rings (SSSR count). The van der Waals surface area contributed by atoms with Crippen LogP contribution in [-0.2, 0) is 0 Å². The van der Waals surface area contributed by atoms with Crippen molar-refractivity contribution in [2.45, 2.75) is 37.1 Å². The van der Waals surface area contributed by atoms with E-state index >= 15 is 0 Å². The summed E-state index contributed by atoms with van der Waals surface area (Å²) >= 11 is 6.04. The van der Waals surface area contributed by atoms with Gasteiger partial charge in [-0.05, 0) is 36.6 Å². The molecular formula is C21H24ClNO3. The fourth-order valence-corrected chi connectivity index (χ4v) is 4.26. The van der Waals surface area contributed by atoms with Crippen LogP contribution in [0, 0.1) is 0 Å². The zero-order chi connectivity index (χ0) is 18.1. The summed E-state index contributed by atoms with van der Waals surface area (Å²) in [6.45, 7) is 2.31. The normalized spacial score (nSPS) is 23.3. The van der Waals surface area contributed by atoms with Gasteiger partial charge in [0.05, 0.1) is 12.2 Å². The molecule has 2 aromatic carbocycles. The molecule has 0 amide bonds. The first-order valence-electron chi connectivity index (χ1n) is 9.17. The minimum absolute atomic E-state index is 0.325. The Kier molecular flexibility index (Phi) is 4.93. The van der Waals surface area contributed by atoms with Crippen LogP contribution in [0.4, 0.5) is 0 Å². The maximum atomic E-state index is 10.6. The van der Waals surface area contributed by atoms with E-state index in [0.717, 1.165) is 42.8 Å². The largest absolute Gasteiger partial charge is 0.487 e. The number of aliphatic hydroxyl groups excluding tert-OH is 2. The topological polar surface area (TPSA) is 52.9 Å². The number of nitrogens with zero attached hydrogens (tertiary/aromatic N) is 1. The summed E-state index contributed by atoms with van der Waals surface area (Å²) in [5, 5.41) is 21.6. The third-order valence-electron chi connectivity index (χ3n) is 5.61. The first-order chi connectivity index (χ1) is 12.5. The molecule has 138 valence electrons. The second-order valence-corrected chi connectivity index (χ2v) is 7.85. The number of rotatable bonds is 3. The van der Waals surface area contributed by atoms with Crippen LogP contribution in [0.15, 0.2) is 48.5 Å². The molecule has 2 aliphatic heterocycles. The molecule has 2 atom stereocenters. The molecule has 2 N–H and O–H groups in total. The van der Waals surface area contributed by atoms with Crippen molar-refractivity contribution in [1.29, 1.82) is 0 Å². The van der Waals surface area contributed by atoms with Crippen molar-refractivity contribution in [1.82, 2.24) is 4.90 Å². The van der Waals surface area contributed by atoms with Gasteiger partial charge in [0.25, 0.3) is 0 Å². The summed E-state index contributed by atoms with van der Waals surface area (Å²) in [6.07, 6.45) is 1.25. The predicted molar refractivity (Wildman–Crippen MR) is 101 cm³/mol. The van der Waals surface area contributed by atoms with Gasteiger partial charge in [0, 0.05) is 36.6 Å². The Labute approximate surface area is 159 Å². The second kappa shape index (κ2) is 7.20. The Hall–Kier alpha value is -1.59. The number of benzene rings is 2. The monoisotopic (exact) mass is 373 g/mol. The maximum absolute atomic E-state index is 10.6. The fourth-order valence-electron chi connectivity index (χ4n) is 4.08. The van der Waals surface area contributed by atoms with Crippen molar-refractivity contribution in [2.75, 3.05) is 19.6 Å². The van der Waals surface area contributed by atoms with Gasteiger partial charge < -0.3 is 19.8 Å². The summed E-state index contributed by atoms with van der Waals surface area (Å²) in [6, 6.07) is 15.2. The lowest BCUT2D eigenvalue weighted by Crippen LogP contribution is -2.51. The lowest BCUT2D eigenvalue weighted by Gasteiger charge is -2.46. The molecule has 0 unspecified atom stereocenters. The molecule has 0 saturated carbocycles. The minimum atomic E-state index is -0.543. The number of halogens is 1. The highest BCUT2D eigenvalue weighted by atomic mass is 35.5. The molecule has 5 heteroatoms.